The zero-order valence-electron chi connectivity index (χ0n) is 41.1. The van der Waals surface area contributed by atoms with Crippen LogP contribution in [0.25, 0.3) is 0 Å². The van der Waals surface area contributed by atoms with Gasteiger partial charge in [0.2, 0.25) is 0 Å². The van der Waals surface area contributed by atoms with Gasteiger partial charge in [0.15, 0.2) is 18.7 Å². The second-order valence-electron chi connectivity index (χ2n) is 21.9. The van der Waals surface area contributed by atoms with Crippen molar-refractivity contribution in [3.8, 4) is 0 Å². The fourth-order valence-corrected chi connectivity index (χ4v) is 13.3. The summed E-state index contributed by atoms with van der Waals surface area (Å²) in [4.78, 5) is 24.0. The lowest BCUT2D eigenvalue weighted by Crippen LogP contribution is -2.54. The smallest absolute Gasteiger partial charge is 0.310 e. The Morgan fingerprint density at radius 3 is 1.42 bits per heavy atom. The molecule has 10 heteroatoms. The Balaban J connectivity index is 0.000000128. The van der Waals surface area contributed by atoms with E-state index in [1.165, 1.54) is 35.1 Å². The number of allylic oxidation sites excluding steroid dienone is 4. The van der Waals surface area contributed by atoms with E-state index in [-0.39, 0.29) is 40.8 Å². The fraction of sp³-hybridized carbons (Fsp3) is 0.508. The SMILES string of the molecule is CC1CCCO1.O=C(O)C1CC2C=CC1C2.O=C(O[C@@H]1[C@@H]2OC[C@H](CC1(Cc1ccccc1)Cc1ccccc1)O2)C1CC2C=CC1C2.O[C@@H]1[C@@H]2OC[C@H](CC1(Cc1ccccc1)Cc1ccccc1)O2. The molecule has 10 nitrogen and oxygen atoms in total. The number of aliphatic hydroxyl groups excluding tert-OH is 1. The van der Waals surface area contributed by atoms with Crippen LogP contribution in [0.1, 0.15) is 80.5 Å². The van der Waals surface area contributed by atoms with Crippen molar-refractivity contribution in [1.29, 1.82) is 0 Å². The summed E-state index contributed by atoms with van der Waals surface area (Å²) in [6.45, 7) is 4.27. The quantitative estimate of drug-likeness (QED) is 0.111. The van der Waals surface area contributed by atoms with Crippen LogP contribution >= 0.6 is 0 Å². The zero-order valence-corrected chi connectivity index (χ0v) is 41.1. The van der Waals surface area contributed by atoms with Crippen molar-refractivity contribution in [3.05, 3.63) is 168 Å². The van der Waals surface area contributed by atoms with Crippen LogP contribution in [0.4, 0.5) is 0 Å². The van der Waals surface area contributed by atoms with Crippen molar-refractivity contribution < 1.29 is 48.2 Å². The third-order valence-corrected chi connectivity index (χ3v) is 16.7. The maximum Gasteiger partial charge on any atom is 0.310 e. The molecule has 4 aromatic carbocycles. The van der Waals surface area contributed by atoms with Gasteiger partial charge in [-0.1, -0.05) is 146 Å². The van der Waals surface area contributed by atoms with Crippen molar-refractivity contribution in [2.24, 2.45) is 46.3 Å². The molecule has 13 atom stereocenters. The number of rotatable bonds is 11. The Bertz CT molecular complexity index is 2320. The summed E-state index contributed by atoms with van der Waals surface area (Å²) in [7, 11) is 0. The molecule has 71 heavy (non-hydrogen) atoms. The maximum atomic E-state index is 13.4. The summed E-state index contributed by atoms with van der Waals surface area (Å²) in [5, 5.41) is 19.7. The van der Waals surface area contributed by atoms with E-state index in [1.54, 1.807) is 0 Å². The molecule has 2 N–H and O–H groups in total. The molecule has 8 bridgehead atoms. The van der Waals surface area contributed by atoms with Gasteiger partial charge in [-0.3, -0.25) is 9.59 Å². The van der Waals surface area contributed by atoms with Crippen molar-refractivity contribution in [2.75, 3.05) is 19.8 Å². The van der Waals surface area contributed by atoms with Gasteiger partial charge in [-0.05, 0) is 130 Å². The van der Waals surface area contributed by atoms with Gasteiger partial charge in [0.1, 0.15) is 6.10 Å². The van der Waals surface area contributed by atoms with Gasteiger partial charge in [0.05, 0.1) is 43.4 Å². The summed E-state index contributed by atoms with van der Waals surface area (Å²) < 4.78 is 35.1. The second kappa shape index (κ2) is 22.4. The van der Waals surface area contributed by atoms with E-state index >= 15 is 0 Å². The van der Waals surface area contributed by atoms with Gasteiger partial charge in [0.25, 0.3) is 0 Å². The molecule has 5 aliphatic heterocycles. The molecule has 0 aromatic heterocycles. The van der Waals surface area contributed by atoms with E-state index in [9.17, 15) is 14.7 Å². The molecule has 13 rings (SSSR count). The molecule has 7 fully saturated rings. The first kappa shape index (κ1) is 49.6. The van der Waals surface area contributed by atoms with Crippen molar-refractivity contribution >= 4 is 11.9 Å². The number of aliphatic hydroxyl groups is 1. The number of fused-ring (bicyclic) bond motifs is 8. The predicted octanol–water partition coefficient (Wildman–Crippen LogP) is 10.2. The molecule has 2 saturated carbocycles. The number of esters is 1. The van der Waals surface area contributed by atoms with Gasteiger partial charge < -0.3 is 38.6 Å². The Hall–Kier alpha value is -4.94. The number of carbonyl (C=O) groups is 2. The van der Waals surface area contributed by atoms with Crippen LogP contribution in [0.2, 0.25) is 0 Å². The topological polar surface area (TPSA) is 130 Å². The van der Waals surface area contributed by atoms with Crippen molar-refractivity contribution in [1.82, 2.24) is 0 Å². The Morgan fingerprint density at radius 2 is 1.03 bits per heavy atom. The third-order valence-electron chi connectivity index (χ3n) is 16.7. The minimum absolute atomic E-state index is 0.0322. The lowest BCUT2D eigenvalue weighted by atomic mass is 9.67. The fourth-order valence-electron chi connectivity index (χ4n) is 13.3. The van der Waals surface area contributed by atoms with Crippen LogP contribution in [0.5, 0.6) is 0 Å². The summed E-state index contributed by atoms with van der Waals surface area (Å²) in [6, 6.07) is 41.9. The van der Waals surface area contributed by atoms with Crippen LogP contribution < -0.4 is 0 Å². The minimum atomic E-state index is -0.614. The third kappa shape index (κ3) is 11.8. The summed E-state index contributed by atoms with van der Waals surface area (Å²) in [5.41, 5.74) is 4.51. The minimum Gasteiger partial charge on any atom is -0.481 e. The highest BCUT2D eigenvalue weighted by atomic mass is 16.7. The predicted molar refractivity (Wildman–Crippen MR) is 270 cm³/mol. The lowest BCUT2D eigenvalue weighted by molar-refractivity contribution is -0.227. The Morgan fingerprint density at radius 1 is 0.577 bits per heavy atom. The lowest BCUT2D eigenvalue weighted by Gasteiger charge is -2.46. The number of carboxylic acid groups (broad SMARTS) is 1. The zero-order chi connectivity index (χ0) is 48.8. The molecule has 4 aliphatic carbocycles. The number of ether oxygens (including phenoxy) is 6. The first-order valence-electron chi connectivity index (χ1n) is 26.4. The number of carbonyl (C=O) groups excluding carboxylic acids is 1. The Kier molecular flexibility index (Phi) is 15.7. The van der Waals surface area contributed by atoms with E-state index in [2.05, 4.69) is 128 Å². The Labute approximate surface area is 419 Å². The summed E-state index contributed by atoms with van der Waals surface area (Å²) >= 11 is 0. The second-order valence-corrected chi connectivity index (χ2v) is 21.9. The number of hydrogen-bond donors (Lipinski definition) is 2. The molecular formula is C61H72O10. The first-order valence-corrected chi connectivity index (χ1v) is 26.4. The first-order chi connectivity index (χ1) is 34.6. The van der Waals surface area contributed by atoms with Crippen LogP contribution in [0.3, 0.4) is 0 Å². The number of benzene rings is 4. The van der Waals surface area contributed by atoms with E-state index in [0.29, 0.717) is 43.0 Å². The maximum absolute atomic E-state index is 13.4. The average Bonchev–Trinajstić information content (AvgIpc) is 4.27. The summed E-state index contributed by atoms with van der Waals surface area (Å²) in [6.07, 6.45) is 18.8. The van der Waals surface area contributed by atoms with Crippen LogP contribution in [0.15, 0.2) is 146 Å². The van der Waals surface area contributed by atoms with Gasteiger partial charge in [0, 0.05) is 17.4 Å². The highest BCUT2D eigenvalue weighted by Gasteiger charge is 2.57. The molecule has 376 valence electrons. The molecule has 5 saturated heterocycles. The number of aliphatic carboxylic acids is 1. The molecular weight excluding hydrogens is 893 g/mol. The highest BCUT2D eigenvalue weighted by molar-refractivity contribution is 5.74. The highest BCUT2D eigenvalue weighted by Crippen LogP contribution is 2.50. The number of carboxylic acids is 1. The van der Waals surface area contributed by atoms with Gasteiger partial charge in [-0.25, -0.2) is 0 Å². The largest absolute Gasteiger partial charge is 0.481 e. The molecule has 0 amide bonds. The van der Waals surface area contributed by atoms with E-state index in [1.807, 2.05) is 24.3 Å². The summed E-state index contributed by atoms with van der Waals surface area (Å²) in [5.74, 6) is 0.989. The van der Waals surface area contributed by atoms with E-state index in [4.69, 9.17) is 33.5 Å². The van der Waals surface area contributed by atoms with Crippen LogP contribution in [-0.4, -0.2) is 85.1 Å². The molecule has 7 unspecified atom stereocenters. The van der Waals surface area contributed by atoms with Crippen molar-refractivity contribution in [3.63, 3.8) is 0 Å². The van der Waals surface area contributed by atoms with Crippen molar-refractivity contribution in [2.45, 2.75) is 127 Å². The molecule has 0 radical (unpaired) electrons. The van der Waals surface area contributed by atoms with E-state index < -0.39 is 30.8 Å². The van der Waals surface area contributed by atoms with Crippen LogP contribution in [0, 0.1) is 46.3 Å². The average molecular weight is 965 g/mol. The molecule has 9 aliphatic rings. The monoisotopic (exact) mass is 965 g/mol. The molecule has 0 spiro atoms. The number of hydrogen-bond acceptors (Lipinski definition) is 9. The molecule has 5 heterocycles. The molecule has 4 aromatic rings. The van der Waals surface area contributed by atoms with Crippen LogP contribution in [-0.2, 0) is 63.7 Å². The normalized spacial score (nSPS) is 33.5. The van der Waals surface area contributed by atoms with E-state index in [0.717, 1.165) is 70.8 Å². The standard InChI is InChI=1S/C28H30O4.C20H22O3.C8H10O2.C5H10O/c29-26(24-14-21-11-12-22(24)13-21)32-25-27-30-18-23(31-27)17-28(25,15-19-7-3-1-4-8-19)16-20-9-5-2-6-10-20;21-18-19-22-14-17(23-19)13-20(18,11-15-7-3-1-4-8-15)12-16-9-5-2-6-10-16;9-8(10)7-4-5-1-2-6(7)3-5;1-5-3-2-4-6-5/h1-12,21-25,27H,13-18H2;1-10,17-19,21H,11-14H2;1-2,5-7H,3-4H2,(H,9,10);5H,2-4H2,1H3/t21?,22?,23-,24?,25+,27+;17-,18+,19+;;/m00../s1. The van der Waals surface area contributed by atoms with Gasteiger partial charge in [-0.15, -0.1) is 0 Å². The van der Waals surface area contributed by atoms with Gasteiger partial charge >= 0.3 is 11.9 Å². The van der Waals surface area contributed by atoms with Gasteiger partial charge in [-0.2, -0.15) is 0 Å².